The van der Waals surface area contributed by atoms with Gasteiger partial charge in [0.1, 0.15) is 11.6 Å². The molecule has 3 nitrogen and oxygen atoms in total. The van der Waals surface area contributed by atoms with Crippen molar-refractivity contribution in [1.82, 2.24) is 9.97 Å². The number of hydrogen-bond acceptors (Lipinski definition) is 3. The fraction of sp³-hybridized carbons (Fsp3) is 0. The summed E-state index contributed by atoms with van der Waals surface area (Å²) in [6.07, 6.45) is 0. The number of benzene rings is 2. The van der Waals surface area contributed by atoms with Gasteiger partial charge in [-0.3, -0.25) is 0 Å². The Morgan fingerprint density at radius 2 is 1.48 bits per heavy atom. The highest BCUT2D eigenvalue weighted by atomic mass is 32.1. The molecule has 0 bridgehead atoms. The minimum Gasteiger partial charge on any atom is -0.329 e. The number of nitrogens with zero attached hydrogens (tertiary/aromatic N) is 2. The zero-order chi connectivity index (χ0) is 14.7. The third-order valence-electron chi connectivity index (χ3n) is 3.15. The smallest absolute Gasteiger partial charge is 0.197 e. The molecule has 0 radical (unpaired) electrons. The first-order valence-electron chi connectivity index (χ1n) is 6.45. The Labute approximate surface area is 127 Å². The molecule has 3 rings (SSSR count). The van der Waals surface area contributed by atoms with E-state index in [0.717, 1.165) is 11.1 Å². The first-order chi connectivity index (χ1) is 10.3. The maximum atomic E-state index is 9.57. The lowest BCUT2D eigenvalue weighted by atomic mass is 10.0. The van der Waals surface area contributed by atoms with Crippen LogP contribution >= 0.6 is 12.2 Å². The van der Waals surface area contributed by atoms with Gasteiger partial charge >= 0.3 is 0 Å². The second-order valence-corrected chi connectivity index (χ2v) is 4.87. The Balaban J connectivity index is 2.31. The van der Waals surface area contributed by atoms with Crippen molar-refractivity contribution in [2.24, 2.45) is 0 Å². The van der Waals surface area contributed by atoms with Crippen LogP contribution in [0.25, 0.3) is 22.5 Å². The summed E-state index contributed by atoms with van der Waals surface area (Å²) in [5, 5.41) is 9.57. The van der Waals surface area contributed by atoms with E-state index < -0.39 is 0 Å². The fourth-order valence-corrected chi connectivity index (χ4v) is 2.40. The van der Waals surface area contributed by atoms with Gasteiger partial charge in [0.05, 0.1) is 11.4 Å². The van der Waals surface area contributed by atoms with E-state index in [4.69, 9.17) is 12.2 Å². The molecular weight excluding hydrogens is 278 g/mol. The van der Waals surface area contributed by atoms with Crippen molar-refractivity contribution in [1.29, 1.82) is 5.26 Å². The zero-order valence-electron chi connectivity index (χ0n) is 11.1. The molecule has 1 aromatic heterocycles. The molecule has 3 aromatic rings. The van der Waals surface area contributed by atoms with Gasteiger partial charge in [0.2, 0.25) is 0 Å². The van der Waals surface area contributed by atoms with Crippen LogP contribution in [0.15, 0.2) is 60.7 Å². The molecule has 100 valence electrons. The molecule has 1 N–H and O–H groups in total. The molecule has 0 atom stereocenters. The van der Waals surface area contributed by atoms with E-state index in [0.29, 0.717) is 21.7 Å². The fourth-order valence-electron chi connectivity index (χ4n) is 2.21. The molecule has 0 spiro atoms. The van der Waals surface area contributed by atoms with Crippen LogP contribution in [-0.2, 0) is 0 Å². The van der Waals surface area contributed by atoms with Gasteiger partial charge in [-0.25, -0.2) is 4.98 Å². The van der Waals surface area contributed by atoms with Crippen molar-refractivity contribution in [3.8, 4) is 28.6 Å². The van der Waals surface area contributed by atoms with Crippen LogP contribution in [0.2, 0.25) is 0 Å². The summed E-state index contributed by atoms with van der Waals surface area (Å²) < 4.78 is 0.367. The molecule has 0 saturated heterocycles. The van der Waals surface area contributed by atoms with Crippen LogP contribution in [0.3, 0.4) is 0 Å². The molecule has 0 saturated carbocycles. The summed E-state index contributed by atoms with van der Waals surface area (Å²) in [6, 6.07) is 21.5. The highest BCUT2D eigenvalue weighted by Crippen LogP contribution is 2.28. The van der Waals surface area contributed by atoms with Crippen molar-refractivity contribution >= 4 is 12.2 Å². The normalized spacial score (nSPS) is 10.0. The number of rotatable bonds is 2. The van der Waals surface area contributed by atoms with Crippen LogP contribution in [0.1, 0.15) is 5.56 Å². The lowest BCUT2D eigenvalue weighted by molar-refractivity contribution is 1.13. The second-order valence-electron chi connectivity index (χ2n) is 4.48. The predicted octanol–water partition coefficient (Wildman–Crippen LogP) is 4.34. The Bertz CT molecular complexity index is 798. The maximum Gasteiger partial charge on any atom is 0.197 e. The van der Waals surface area contributed by atoms with Crippen molar-refractivity contribution in [2.45, 2.75) is 0 Å². The number of aromatic nitrogens is 2. The monoisotopic (exact) mass is 289 g/mol. The molecular formula is C17H11N3S. The SMILES string of the molecule is N#Cc1c(-c2ccccc2)nc(=S)[nH]c1-c1ccccc1. The van der Waals surface area contributed by atoms with Crippen molar-refractivity contribution in [3.05, 3.63) is 71.0 Å². The Kier molecular flexibility index (Phi) is 3.59. The highest BCUT2D eigenvalue weighted by molar-refractivity contribution is 7.71. The number of hydrogen-bond donors (Lipinski definition) is 1. The van der Waals surface area contributed by atoms with Crippen molar-refractivity contribution in [3.63, 3.8) is 0 Å². The minimum absolute atomic E-state index is 0.367. The quantitative estimate of drug-likeness (QED) is 0.714. The second kappa shape index (κ2) is 5.70. The third-order valence-corrected chi connectivity index (χ3v) is 3.35. The molecule has 0 amide bonds. The van der Waals surface area contributed by atoms with E-state index in [1.54, 1.807) is 0 Å². The van der Waals surface area contributed by atoms with Gasteiger partial charge in [-0.05, 0) is 17.8 Å². The van der Waals surface area contributed by atoms with E-state index in [1.807, 2.05) is 60.7 Å². The zero-order valence-corrected chi connectivity index (χ0v) is 11.9. The first-order valence-corrected chi connectivity index (χ1v) is 6.85. The van der Waals surface area contributed by atoms with Crippen molar-refractivity contribution in [2.75, 3.05) is 0 Å². The molecule has 0 aliphatic rings. The standard InChI is InChI=1S/C17H11N3S/c18-11-14-15(12-7-3-1-4-8-12)19-17(21)20-16(14)13-9-5-2-6-10-13/h1-10H,(H,19,20,21). The molecule has 0 aliphatic carbocycles. The van der Waals surface area contributed by atoms with Crippen molar-refractivity contribution < 1.29 is 0 Å². The summed E-state index contributed by atoms with van der Waals surface area (Å²) in [7, 11) is 0. The number of H-pyrrole nitrogens is 1. The van der Waals surface area contributed by atoms with Gasteiger partial charge in [-0.2, -0.15) is 5.26 Å². The molecule has 0 aliphatic heterocycles. The summed E-state index contributed by atoms with van der Waals surface area (Å²) in [5.41, 5.74) is 3.62. The Morgan fingerprint density at radius 1 is 0.905 bits per heavy atom. The summed E-state index contributed by atoms with van der Waals surface area (Å²) in [6.45, 7) is 0. The van der Waals surface area contributed by atoms with Crippen LogP contribution in [0.4, 0.5) is 0 Å². The average molecular weight is 289 g/mol. The topological polar surface area (TPSA) is 52.5 Å². The number of nitrogens with one attached hydrogen (secondary N) is 1. The number of aromatic amines is 1. The lowest BCUT2D eigenvalue weighted by Gasteiger charge is -2.09. The third kappa shape index (κ3) is 2.60. The molecule has 0 fully saturated rings. The van der Waals surface area contributed by atoms with Gasteiger partial charge in [-0.15, -0.1) is 0 Å². The van der Waals surface area contributed by atoms with E-state index in [9.17, 15) is 5.26 Å². The Hall–Kier alpha value is -2.77. The van der Waals surface area contributed by atoms with E-state index >= 15 is 0 Å². The lowest BCUT2D eigenvalue weighted by Crippen LogP contribution is -1.98. The minimum atomic E-state index is 0.367. The van der Waals surface area contributed by atoms with E-state index in [1.165, 1.54) is 0 Å². The Morgan fingerprint density at radius 3 is 2.05 bits per heavy atom. The van der Waals surface area contributed by atoms with Gasteiger partial charge in [0, 0.05) is 5.56 Å². The largest absolute Gasteiger partial charge is 0.329 e. The predicted molar refractivity (Wildman–Crippen MR) is 85.0 cm³/mol. The average Bonchev–Trinajstić information content (AvgIpc) is 2.55. The molecule has 21 heavy (non-hydrogen) atoms. The summed E-state index contributed by atoms with van der Waals surface area (Å²) >= 11 is 5.22. The van der Waals surface area contributed by atoms with Crippen LogP contribution in [0.5, 0.6) is 0 Å². The highest BCUT2D eigenvalue weighted by Gasteiger charge is 2.14. The van der Waals surface area contributed by atoms with Gasteiger partial charge in [0.25, 0.3) is 0 Å². The molecule has 1 heterocycles. The van der Waals surface area contributed by atoms with Crippen LogP contribution in [0, 0.1) is 16.1 Å². The van der Waals surface area contributed by atoms with Crippen LogP contribution < -0.4 is 0 Å². The van der Waals surface area contributed by atoms with Crippen LogP contribution in [-0.4, -0.2) is 9.97 Å². The van der Waals surface area contributed by atoms with Gasteiger partial charge in [0.15, 0.2) is 4.77 Å². The first kappa shape index (κ1) is 13.2. The molecule has 0 unspecified atom stereocenters. The molecule has 2 aromatic carbocycles. The maximum absolute atomic E-state index is 9.57. The molecule has 4 heteroatoms. The van der Waals surface area contributed by atoms with Gasteiger partial charge < -0.3 is 4.98 Å². The number of nitriles is 1. The van der Waals surface area contributed by atoms with E-state index in [-0.39, 0.29) is 0 Å². The summed E-state index contributed by atoms with van der Waals surface area (Å²) in [4.78, 5) is 7.37. The summed E-state index contributed by atoms with van der Waals surface area (Å²) in [5.74, 6) is 0. The van der Waals surface area contributed by atoms with Gasteiger partial charge in [-0.1, -0.05) is 60.7 Å². The van der Waals surface area contributed by atoms with E-state index in [2.05, 4.69) is 16.0 Å².